The number of primary amides is 1. The first-order chi connectivity index (χ1) is 12.1. The van der Waals surface area contributed by atoms with Crippen molar-refractivity contribution in [3.05, 3.63) is 54.6 Å². The molecular weight excluding hydrogens is 318 g/mol. The van der Waals surface area contributed by atoms with Crippen LogP contribution in [0.2, 0.25) is 0 Å². The third kappa shape index (κ3) is 3.99. The highest BCUT2D eigenvalue weighted by Gasteiger charge is 2.41. The van der Waals surface area contributed by atoms with E-state index >= 15 is 0 Å². The summed E-state index contributed by atoms with van der Waals surface area (Å²) in [4.78, 5) is 28.4. The molecule has 1 aliphatic carbocycles. The highest BCUT2D eigenvalue weighted by Crippen LogP contribution is 2.29. The smallest absolute Gasteiger partial charge is 0.316 e. The summed E-state index contributed by atoms with van der Waals surface area (Å²) in [6.45, 7) is 0.543. The topological polar surface area (TPSA) is 102 Å². The van der Waals surface area contributed by atoms with Crippen LogP contribution >= 0.6 is 0 Å². The second-order valence-electron chi connectivity index (χ2n) is 6.47. The van der Waals surface area contributed by atoms with Crippen molar-refractivity contribution in [2.45, 2.75) is 43.8 Å². The highest BCUT2D eigenvalue weighted by atomic mass is 16.2. The lowest BCUT2D eigenvalue weighted by Crippen LogP contribution is -2.58. The van der Waals surface area contributed by atoms with Gasteiger partial charge < -0.3 is 20.9 Å². The molecule has 7 nitrogen and oxygen atoms in total. The lowest BCUT2D eigenvalue weighted by Gasteiger charge is -2.28. The van der Waals surface area contributed by atoms with Crippen molar-refractivity contribution in [2.75, 3.05) is 0 Å². The molecule has 1 fully saturated rings. The van der Waals surface area contributed by atoms with Crippen LogP contribution in [0.5, 0.6) is 0 Å². The number of nitrogens with zero attached hydrogens (tertiary/aromatic N) is 2. The number of imidazole rings is 1. The number of hydrogen-bond acceptors (Lipinski definition) is 3. The molecule has 1 heterocycles. The predicted molar refractivity (Wildman–Crippen MR) is 93.5 cm³/mol. The Hall–Kier alpha value is -2.83. The average molecular weight is 341 g/mol. The molecule has 1 saturated carbocycles. The number of carbonyl (C=O) groups excluding carboxylic acids is 2. The van der Waals surface area contributed by atoms with Crippen LogP contribution in [0.25, 0.3) is 0 Å². The van der Waals surface area contributed by atoms with Crippen LogP contribution in [0, 0.1) is 0 Å². The van der Waals surface area contributed by atoms with Gasteiger partial charge in [0.05, 0.1) is 12.4 Å². The van der Waals surface area contributed by atoms with Crippen molar-refractivity contribution in [1.82, 2.24) is 20.2 Å². The first-order valence-electron chi connectivity index (χ1n) is 8.48. The number of rotatable bonds is 6. The van der Waals surface area contributed by atoms with Crippen LogP contribution in [0.4, 0.5) is 4.79 Å². The van der Waals surface area contributed by atoms with E-state index in [0.717, 1.165) is 18.4 Å². The van der Waals surface area contributed by atoms with Crippen LogP contribution in [0.15, 0.2) is 49.1 Å². The molecule has 1 aliphatic rings. The van der Waals surface area contributed by atoms with Gasteiger partial charge in [-0.25, -0.2) is 9.78 Å². The van der Waals surface area contributed by atoms with Crippen LogP contribution in [0.3, 0.4) is 0 Å². The molecule has 1 aromatic heterocycles. The molecule has 0 unspecified atom stereocenters. The van der Waals surface area contributed by atoms with Gasteiger partial charge in [-0.3, -0.25) is 4.79 Å². The Kier molecular flexibility index (Phi) is 5.02. The van der Waals surface area contributed by atoms with Gasteiger partial charge >= 0.3 is 6.03 Å². The fourth-order valence-corrected chi connectivity index (χ4v) is 3.35. The van der Waals surface area contributed by atoms with Gasteiger partial charge in [-0.05, 0) is 18.4 Å². The molecule has 0 saturated heterocycles. The molecule has 2 aromatic rings. The third-order valence-electron chi connectivity index (χ3n) is 4.74. The normalized spacial score (nSPS) is 17.0. The zero-order chi connectivity index (χ0) is 17.7. The number of hydrogen-bond donors (Lipinski definition) is 3. The maximum atomic E-state index is 12.6. The summed E-state index contributed by atoms with van der Waals surface area (Å²) in [5.41, 5.74) is 5.59. The van der Waals surface area contributed by atoms with Gasteiger partial charge in [0.15, 0.2) is 0 Å². The number of benzene rings is 1. The van der Waals surface area contributed by atoms with E-state index in [1.165, 1.54) is 0 Å². The van der Waals surface area contributed by atoms with Gasteiger partial charge in [-0.2, -0.15) is 0 Å². The Morgan fingerprint density at radius 2 is 1.96 bits per heavy atom. The zero-order valence-corrected chi connectivity index (χ0v) is 14.0. The van der Waals surface area contributed by atoms with Crippen LogP contribution in [-0.4, -0.2) is 27.0 Å². The Morgan fingerprint density at radius 3 is 2.56 bits per heavy atom. The summed E-state index contributed by atoms with van der Waals surface area (Å²) >= 11 is 0. The van der Waals surface area contributed by atoms with E-state index in [4.69, 9.17) is 5.73 Å². The van der Waals surface area contributed by atoms with E-state index in [9.17, 15) is 9.59 Å². The van der Waals surface area contributed by atoms with E-state index in [2.05, 4.69) is 15.6 Å². The number of carbonyl (C=O) groups is 2. The fourth-order valence-electron chi connectivity index (χ4n) is 3.35. The maximum Gasteiger partial charge on any atom is 0.316 e. The Bertz CT molecular complexity index is 708. The molecular formula is C18H23N5O2. The predicted octanol–water partition coefficient (Wildman–Crippen LogP) is 1.72. The maximum absolute atomic E-state index is 12.6. The molecule has 0 bridgehead atoms. The lowest BCUT2D eigenvalue weighted by atomic mass is 9.97. The van der Waals surface area contributed by atoms with Crippen LogP contribution < -0.4 is 16.4 Å². The summed E-state index contributed by atoms with van der Waals surface area (Å²) < 4.78 is 1.90. The van der Waals surface area contributed by atoms with Gasteiger partial charge in [0.25, 0.3) is 0 Å². The van der Waals surface area contributed by atoms with E-state index in [1.54, 1.807) is 12.5 Å². The second-order valence-corrected chi connectivity index (χ2v) is 6.47. The van der Waals surface area contributed by atoms with E-state index in [0.29, 0.717) is 19.4 Å². The second kappa shape index (κ2) is 7.38. The van der Waals surface area contributed by atoms with Crippen molar-refractivity contribution >= 4 is 11.9 Å². The zero-order valence-electron chi connectivity index (χ0n) is 14.0. The number of aromatic nitrogens is 2. The van der Waals surface area contributed by atoms with Gasteiger partial charge in [0, 0.05) is 18.9 Å². The molecule has 1 aromatic carbocycles. The summed E-state index contributed by atoms with van der Waals surface area (Å²) in [7, 11) is 0. The van der Waals surface area contributed by atoms with E-state index in [-0.39, 0.29) is 12.1 Å². The Balaban J connectivity index is 1.73. The molecule has 3 rings (SSSR count). The molecule has 25 heavy (non-hydrogen) atoms. The third-order valence-corrected chi connectivity index (χ3v) is 4.74. The van der Waals surface area contributed by atoms with Crippen molar-refractivity contribution in [1.29, 1.82) is 0 Å². The van der Waals surface area contributed by atoms with Crippen molar-refractivity contribution in [3.8, 4) is 0 Å². The quantitative estimate of drug-likeness (QED) is 0.745. The first kappa shape index (κ1) is 17.0. The number of amides is 3. The van der Waals surface area contributed by atoms with Crippen molar-refractivity contribution < 1.29 is 9.59 Å². The lowest BCUT2D eigenvalue weighted by molar-refractivity contribution is -0.123. The fraction of sp³-hybridized carbons (Fsp3) is 0.389. The SMILES string of the molecule is NC(=O)C1(NC(=O)N[C@@H](Cn2ccnc2)c2ccccc2)CCCC1. The average Bonchev–Trinajstić information content (AvgIpc) is 3.27. The molecule has 132 valence electrons. The molecule has 0 radical (unpaired) electrons. The highest BCUT2D eigenvalue weighted by molar-refractivity contribution is 5.90. The molecule has 7 heteroatoms. The van der Waals surface area contributed by atoms with Gasteiger partial charge in [0.1, 0.15) is 5.54 Å². The van der Waals surface area contributed by atoms with Gasteiger partial charge in [-0.1, -0.05) is 43.2 Å². The number of nitrogens with one attached hydrogen (secondary N) is 2. The summed E-state index contributed by atoms with van der Waals surface area (Å²) in [5.74, 6) is -0.467. The molecule has 4 N–H and O–H groups in total. The molecule has 1 atom stereocenters. The summed E-state index contributed by atoms with van der Waals surface area (Å²) in [5, 5.41) is 5.79. The largest absolute Gasteiger partial charge is 0.368 e. The summed E-state index contributed by atoms with van der Waals surface area (Å²) in [6.07, 6.45) is 8.21. The van der Waals surface area contributed by atoms with E-state index in [1.807, 2.05) is 41.1 Å². The first-order valence-corrected chi connectivity index (χ1v) is 8.48. The minimum atomic E-state index is -0.930. The van der Waals surface area contributed by atoms with Crippen LogP contribution in [0.1, 0.15) is 37.3 Å². The van der Waals surface area contributed by atoms with E-state index < -0.39 is 11.4 Å². The summed E-state index contributed by atoms with van der Waals surface area (Å²) in [6, 6.07) is 9.08. The molecule has 0 spiro atoms. The Morgan fingerprint density at radius 1 is 1.24 bits per heavy atom. The standard InChI is InChI=1S/C18H23N5O2/c19-16(24)18(8-4-5-9-18)22-17(25)21-15(12-23-11-10-20-13-23)14-6-2-1-3-7-14/h1-3,6-7,10-11,13,15H,4-5,8-9,12H2,(H2,19,24)(H2,21,22,25)/t15-/m0/s1. The van der Waals surface area contributed by atoms with Crippen LogP contribution in [-0.2, 0) is 11.3 Å². The number of urea groups is 1. The minimum absolute atomic E-state index is 0.248. The van der Waals surface area contributed by atoms with Crippen molar-refractivity contribution in [3.63, 3.8) is 0 Å². The van der Waals surface area contributed by atoms with Crippen molar-refractivity contribution in [2.24, 2.45) is 5.73 Å². The van der Waals surface area contributed by atoms with Gasteiger partial charge in [0.2, 0.25) is 5.91 Å². The molecule has 0 aliphatic heterocycles. The minimum Gasteiger partial charge on any atom is -0.368 e. The Labute approximate surface area is 146 Å². The number of nitrogens with two attached hydrogens (primary N) is 1. The molecule has 3 amide bonds. The van der Waals surface area contributed by atoms with Gasteiger partial charge in [-0.15, -0.1) is 0 Å². The monoisotopic (exact) mass is 341 g/mol.